The zero-order chi connectivity index (χ0) is 18.5. The molecule has 136 valence electrons. The van der Waals surface area contributed by atoms with E-state index in [4.69, 9.17) is 5.73 Å². The fourth-order valence-electron chi connectivity index (χ4n) is 3.11. The SMILES string of the molecule is Cc1ccc(N)cc1NC(=O)C1CCCN(C(=O)Nc2ccccc2)C1. The molecule has 1 atom stereocenters. The molecular weight excluding hydrogens is 328 g/mol. The summed E-state index contributed by atoms with van der Waals surface area (Å²) in [6.45, 7) is 2.99. The quantitative estimate of drug-likeness (QED) is 0.739. The van der Waals surface area contributed by atoms with Crippen LogP contribution in [-0.2, 0) is 4.79 Å². The predicted molar refractivity (Wildman–Crippen MR) is 104 cm³/mol. The van der Waals surface area contributed by atoms with Crippen LogP contribution in [0.5, 0.6) is 0 Å². The molecule has 0 saturated carbocycles. The lowest BCUT2D eigenvalue weighted by molar-refractivity contribution is -0.121. The summed E-state index contributed by atoms with van der Waals surface area (Å²) >= 11 is 0. The number of carbonyl (C=O) groups is 2. The van der Waals surface area contributed by atoms with Gasteiger partial charge in [0.15, 0.2) is 0 Å². The Labute approximate surface area is 153 Å². The van der Waals surface area contributed by atoms with E-state index in [-0.39, 0.29) is 17.9 Å². The molecule has 3 rings (SSSR count). The Morgan fingerprint density at radius 1 is 1.12 bits per heavy atom. The lowest BCUT2D eigenvalue weighted by atomic mass is 9.97. The average molecular weight is 352 g/mol. The van der Waals surface area contributed by atoms with Gasteiger partial charge in [-0.15, -0.1) is 0 Å². The van der Waals surface area contributed by atoms with E-state index in [2.05, 4.69) is 10.6 Å². The number of nitrogens with one attached hydrogen (secondary N) is 2. The summed E-state index contributed by atoms with van der Waals surface area (Å²) in [5.74, 6) is -0.304. The van der Waals surface area contributed by atoms with Gasteiger partial charge in [-0.2, -0.15) is 0 Å². The van der Waals surface area contributed by atoms with E-state index in [9.17, 15) is 9.59 Å². The molecule has 4 N–H and O–H groups in total. The highest BCUT2D eigenvalue weighted by Gasteiger charge is 2.28. The highest BCUT2D eigenvalue weighted by Crippen LogP contribution is 2.22. The number of benzene rings is 2. The number of para-hydroxylation sites is 1. The maximum atomic E-state index is 12.6. The van der Waals surface area contributed by atoms with E-state index >= 15 is 0 Å². The van der Waals surface area contributed by atoms with Gasteiger partial charge in [-0.25, -0.2) is 4.79 Å². The van der Waals surface area contributed by atoms with E-state index in [0.717, 1.165) is 29.8 Å². The molecule has 1 unspecified atom stereocenters. The lowest BCUT2D eigenvalue weighted by Crippen LogP contribution is -2.45. The predicted octanol–water partition coefficient (Wildman–Crippen LogP) is 3.46. The molecule has 3 amide bonds. The number of nitrogens with zero attached hydrogens (tertiary/aromatic N) is 1. The van der Waals surface area contributed by atoms with Crippen molar-refractivity contribution in [3.05, 3.63) is 54.1 Å². The lowest BCUT2D eigenvalue weighted by Gasteiger charge is -2.32. The molecule has 26 heavy (non-hydrogen) atoms. The van der Waals surface area contributed by atoms with Gasteiger partial charge < -0.3 is 21.3 Å². The largest absolute Gasteiger partial charge is 0.399 e. The molecular formula is C20H24N4O2. The van der Waals surface area contributed by atoms with Crippen LogP contribution >= 0.6 is 0 Å². The van der Waals surface area contributed by atoms with Gasteiger partial charge in [-0.1, -0.05) is 24.3 Å². The first kappa shape index (κ1) is 17.8. The number of anilines is 3. The first-order chi connectivity index (χ1) is 12.5. The summed E-state index contributed by atoms with van der Waals surface area (Å²) in [6, 6.07) is 14.6. The minimum atomic E-state index is -0.230. The Morgan fingerprint density at radius 3 is 2.65 bits per heavy atom. The van der Waals surface area contributed by atoms with Crippen molar-refractivity contribution in [3.8, 4) is 0 Å². The molecule has 1 aliphatic heterocycles. The fraction of sp³-hybridized carbons (Fsp3) is 0.300. The van der Waals surface area contributed by atoms with E-state index in [1.807, 2.05) is 43.3 Å². The molecule has 0 aromatic heterocycles. The van der Waals surface area contributed by atoms with Crippen molar-refractivity contribution >= 4 is 29.0 Å². The molecule has 0 radical (unpaired) electrons. The molecule has 1 aliphatic rings. The van der Waals surface area contributed by atoms with Crippen molar-refractivity contribution in [1.29, 1.82) is 0 Å². The van der Waals surface area contributed by atoms with Gasteiger partial charge in [0.05, 0.1) is 5.92 Å². The number of nitrogen functional groups attached to an aromatic ring is 1. The molecule has 6 heteroatoms. The standard InChI is InChI=1S/C20H24N4O2/c1-14-9-10-16(21)12-18(14)23-19(25)15-6-5-11-24(13-15)20(26)22-17-7-3-2-4-8-17/h2-4,7-10,12,15H,5-6,11,13,21H2,1H3,(H,22,26)(H,23,25). The van der Waals surface area contributed by atoms with Gasteiger partial charge >= 0.3 is 6.03 Å². The van der Waals surface area contributed by atoms with Crippen LogP contribution in [0, 0.1) is 12.8 Å². The first-order valence-electron chi connectivity index (χ1n) is 8.81. The zero-order valence-electron chi connectivity index (χ0n) is 14.9. The summed E-state index contributed by atoms with van der Waals surface area (Å²) in [5.41, 5.74) is 8.85. The Morgan fingerprint density at radius 2 is 1.88 bits per heavy atom. The molecule has 2 aromatic rings. The van der Waals surface area contributed by atoms with Gasteiger partial charge in [0.25, 0.3) is 0 Å². The number of amides is 3. The van der Waals surface area contributed by atoms with Crippen molar-refractivity contribution in [2.24, 2.45) is 5.92 Å². The smallest absolute Gasteiger partial charge is 0.321 e. The number of likely N-dealkylation sites (tertiary alicyclic amines) is 1. The van der Waals surface area contributed by atoms with Gasteiger partial charge in [-0.3, -0.25) is 4.79 Å². The zero-order valence-corrected chi connectivity index (χ0v) is 14.9. The molecule has 1 heterocycles. The van der Waals surface area contributed by atoms with Crippen LogP contribution in [0.3, 0.4) is 0 Å². The minimum Gasteiger partial charge on any atom is -0.399 e. The van der Waals surface area contributed by atoms with E-state index in [1.54, 1.807) is 17.0 Å². The number of piperidine rings is 1. The van der Waals surface area contributed by atoms with Crippen molar-refractivity contribution < 1.29 is 9.59 Å². The summed E-state index contributed by atoms with van der Waals surface area (Å²) < 4.78 is 0. The second-order valence-corrected chi connectivity index (χ2v) is 6.64. The fourth-order valence-corrected chi connectivity index (χ4v) is 3.11. The monoisotopic (exact) mass is 352 g/mol. The molecule has 2 aromatic carbocycles. The number of aryl methyl sites for hydroxylation is 1. The van der Waals surface area contributed by atoms with Crippen LogP contribution in [0.4, 0.5) is 21.9 Å². The van der Waals surface area contributed by atoms with E-state index in [0.29, 0.717) is 18.8 Å². The second kappa shape index (κ2) is 7.91. The van der Waals surface area contributed by atoms with Crippen LogP contribution in [0.1, 0.15) is 18.4 Å². The number of carbonyl (C=O) groups excluding carboxylic acids is 2. The number of nitrogens with two attached hydrogens (primary N) is 1. The normalized spacial score (nSPS) is 16.8. The Kier molecular flexibility index (Phi) is 5.41. The summed E-state index contributed by atoms with van der Waals surface area (Å²) in [4.78, 5) is 26.8. The Hall–Kier alpha value is -3.02. The minimum absolute atomic E-state index is 0.0732. The van der Waals surface area contributed by atoms with Crippen LogP contribution in [0.25, 0.3) is 0 Å². The summed E-state index contributed by atoms with van der Waals surface area (Å²) in [7, 11) is 0. The van der Waals surface area contributed by atoms with Crippen LogP contribution in [0.15, 0.2) is 48.5 Å². The number of hydrogen-bond acceptors (Lipinski definition) is 3. The van der Waals surface area contributed by atoms with E-state index in [1.165, 1.54) is 0 Å². The number of urea groups is 1. The maximum absolute atomic E-state index is 12.6. The third-order valence-electron chi connectivity index (χ3n) is 4.62. The second-order valence-electron chi connectivity index (χ2n) is 6.64. The van der Waals surface area contributed by atoms with Crippen LogP contribution in [-0.4, -0.2) is 29.9 Å². The topological polar surface area (TPSA) is 87.5 Å². The van der Waals surface area contributed by atoms with Crippen molar-refractivity contribution in [2.75, 3.05) is 29.5 Å². The molecule has 0 bridgehead atoms. The molecule has 6 nitrogen and oxygen atoms in total. The summed E-state index contributed by atoms with van der Waals surface area (Å²) in [5, 5.41) is 5.83. The Balaban J connectivity index is 1.61. The Bertz CT molecular complexity index is 792. The van der Waals surface area contributed by atoms with Crippen LogP contribution in [0.2, 0.25) is 0 Å². The van der Waals surface area contributed by atoms with Crippen molar-refractivity contribution in [3.63, 3.8) is 0 Å². The maximum Gasteiger partial charge on any atom is 0.321 e. The first-order valence-corrected chi connectivity index (χ1v) is 8.81. The number of rotatable bonds is 3. The van der Waals surface area contributed by atoms with Gasteiger partial charge in [0, 0.05) is 30.2 Å². The summed E-state index contributed by atoms with van der Waals surface area (Å²) in [6.07, 6.45) is 1.57. The molecule has 1 fully saturated rings. The van der Waals surface area contributed by atoms with Crippen molar-refractivity contribution in [2.45, 2.75) is 19.8 Å². The average Bonchev–Trinajstić information content (AvgIpc) is 2.65. The van der Waals surface area contributed by atoms with E-state index < -0.39 is 0 Å². The van der Waals surface area contributed by atoms with Crippen LogP contribution < -0.4 is 16.4 Å². The third kappa shape index (κ3) is 4.33. The molecule has 1 saturated heterocycles. The van der Waals surface area contributed by atoms with Crippen molar-refractivity contribution in [1.82, 2.24) is 4.90 Å². The highest BCUT2D eigenvalue weighted by atomic mass is 16.2. The third-order valence-corrected chi connectivity index (χ3v) is 4.62. The molecule has 0 aliphatic carbocycles. The highest BCUT2D eigenvalue weighted by molar-refractivity contribution is 5.95. The van der Waals surface area contributed by atoms with Gasteiger partial charge in [-0.05, 0) is 49.6 Å². The molecule has 0 spiro atoms. The van der Waals surface area contributed by atoms with Gasteiger partial charge in [0.1, 0.15) is 0 Å². The van der Waals surface area contributed by atoms with Gasteiger partial charge in [0.2, 0.25) is 5.91 Å². The number of hydrogen-bond donors (Lipinski definition) is 3.